The van der Waals surface area contributed by atoms with Crippen LogP contribution in [-0.4, -0.2) is 19.3 Å². The van der Waals surface area contributed by atoms with Crippen LogP contribution in [0, 0.1) is 26.2 Å². The van der Waals surface area contributed by atoms with Gasteiger partial charge in [-0.15, -0.1) is 6.42 Å². The molecule has 0 N–H and O–H groups in total. The maximum atomic E-state index is 13.0. The van der Waals surface area contributed by atoms with Gasteiger partial charge in [0.2, 0.25) is 10.0 Å². The van der Waals surface area contributed by atoms with Gasteiger partial charge in [0.05, 0.1) is 17.5 Å². The SMILES string of the molecule is C#CCN(C(CC)c1ccc(C)o1)S(=O)(=O)c1ccc(C)cc1. The van der Waals surface area contributed by atoms with E-state index in [4.69, 9.17) is 10.8 Å². The van der Waals surface area contributed by atoms with Crippen LogP contribution in [0.15, 0.2) is 45.7 Å². The van der Waals surface area contributed by atoms with Crippen molar-refractivity contribution in [2.75, 3.05) is 6.54 Å². The van der Waals surface area contributed by atoms with Crippen molar-refractivity contribution in [1.29, 1.82) is 0 Å². The number of terminal acetylenes is 1. The Balaban J connectivity index is 2.47. The van der Waals surface area contributed by atoms with Gasteiger partial charge in [0, 0.05) is 0 Å². The molecule has 0 aliphatic heterocycles. The second-order valence-electron chi connectivity index (χ2n) is 5.44. The molecule has 0 aliphatic carbocycles. The third-order valence-corrected chi connectivity index (χ3v) is 5.57. The third kappa shape index (κ3) is 3.66. The maximum Gasteiger partial charge on any atom is 0.244 e. The van der Waals surface area contributed by atoms with Crippen LogP contribution in [0.5, 0.6) is 0 Å². The Bertz CT molecular complexity index is 798. The number of hydrogen-bond acceptors (Lipinski definition) is 3. The fourth-order valence-corrected chi connectivity index (χ4v) is 4.06. The zero-order valence-corrected chi connectivity index (χ0v) is 14.4. The zero-order valence-electron chi connectivity index (χ0n) is 13.6. The Hall–Kier alpha value is -2.03. The van der Waals surface area contributed by atoms with Crippen LogP contribution >= 0.6 is 0 Å². The van der Waals surface area contributed by atoms with E-state index in [2.05, 4.69) is 5.92 Å². The lowest BCUT2D eigenvalue weighted by molar-refractivity contribution is 0.293. The van der Waals surface area contributed by atoms with Crippen LogP contribution in [0.3, 0.4) is 0 Å². The van der Waals surface area contributed by atoms with Crippen LogP contribution in [0.2, 0.25) is 0 Å². The number of aryl methyl sites for hydroxylation is 2. The molecule has 1 aromatic carbocycles. The highest BCUT2D eigenvalue weighted by Gasteiger charge is 2.32. The van der Waals surface area contributed by atoms with Gasteiger partial charge in [0.25, 0.3) is 0 Å². The Morgan fingerprint density at radius 1 is 1.17 bits per heavy atom. The molecule has 0 fully saturated rings. The normalized spacial score (nSPS) is 13.0. The highest BCUT2D eigenvalue weighted by Crippen LogP contribution is 2.31. The quantitative estimate of drug-likeness (QED) is 0.759. The average Bonchev–Trinajstić information content (AvgIpc) is 2.94. The summed E-state index contributed by atoms with van der Waals surface area (Å²) in [6.45, 7) is 5.65. The monoisotopic (exact) mass is 331 g/mol. The van der Waals surface area contributed by atoms with E-state index in [1.165, 1.54) is 4.31 Å². The zero-order chi connectivity index (χ0) is 17.0. The second-order valence-corrected chi connectivity index (χ2v) is 7.33. The van der Waals surface area contributed by atoms with Gasteiger partial charge in [-0.2, -0.15) is 4.31 Å². The molecular formula is C18H21NO3S. The average molecular weight is 331 g/mol. The van der Waals surface area contributed by atoms with Crippen molar-refractivity contribution in [3.63, 3.8) is 0 Å². The first-order valence-electron chi connectivity index (χ1n) is 7.48. The Morgan fingerprint density at radius 3 is 2.30 bits per heavy atom. The molecule has 0 aliphatic rings. The molecule has 1 heterocycles. The minimum absolute atomic E-state index is 0.00549. The molecule has 0 amide bonds. The molecule has 2 rings (SSSR count). The Morgan fingerprint density at radius 2 is 1.83 bits per heavy atom. The van der Waals surface area contributed by atoms with Gasteiger partial charge in [0.1, 0.15) is 11.5 Å². The summed E-state index contributed by atoms with van der Waals surface area (Å²) in [5, 5.41) is 0. The standard InChI is InChI=1S/C18H21NO3S/c1-5-13-19(17(6-2)18-12-9-15(4)22-18)23(20,21)16-10-7-14(3)8-11-16/h1,7-12,17H,6,13H2,2-4H3. The molecule has 1 atom stereocenters. The van der Waals surface area contributed by atoms with E-state index < -0.39 is 16.1 Å². The van der Waals surface area contributed by atoms with Crippen LogP contribution in [0.25, 0.3) is 0 Å². The fourth-order valence-electron chi connectivity index (χ4n) is 2.48. The smallest absolute Gasteiger partial charge is 0.244 e. The highest BCUT2D eigenvalue weighted by atomic mass is 32.2. The van der Waals surface area contributed by atoms with Crippen molar-refractivity contribution in [3.8, 4) is 12.3 Å². The lowest BCUT2D eigenvalue weighted by atomic mass is 10.2. The molecule has 0 radical (unpaired) electrons. The molecule has 23 heavy (non-hydrogen) atoms. The first-order chi connectivity index (χ1) is 10.9. The summed E-state index contributed by atoms with van der Waals surface area (Å²) >= 11 is 0. The van der Waals surface area contributed by atoms with E-state index in [0.29, 0.717) is 12.2 Å². The van der Waals surface area contributed by atoms with Gasteiger partial charge < -0.3 is 4.42 Å². The van der Waals surface area contributed by atoms with Gasteiger partial charge in [-0.3, -0.25) is 0 Å². The van der Waals surface area contributed by atoms with E-state index in [1.54, 1.807) is 30.3 Å². The molecule has 0 saturated heterocycles. The van der Waals surface area contributed by atoms with Gasteiger partial charge in [-0.05, 0) is 44.5 Å². The summed E-state index contributed by atoms with van der Waals surface area (Å²) in [6.07, 6.45) is 5.99. The largest absolute Gasteiger partial charge is 0.465 e. The fraction of sp³-hybridized carbons (Fsp3) is 0.333. The van der Waals surface area contributed by atoms with Crippen LogP contribution in [0.4, 0.5) is 0 Å². The van der Waals surface area contributed by atoms with Crippen molar-refractivity contribution in [3.05, 3.63) is 53.5 Å². The molecule has 0 saturated carbocycles. The van der Waals surface area contributed by atoms with E-state index in [-0.39, 0.29) is 11.4 Å². The van der Waals surface area contributed by atoms with Crippen molar-refractivity contribution in [2.24, 2.45) is 0 Å². The van der Waals surface area contributed by atoms with Gasteiger partial charge in [-0.25, -0.2) is 8.42 Å². The number of furan rings is 1. The summed E-state index contributed by atoms with van der Waals surface area (Å²) in [5.41, 5.74) is 1.00. The lowest BCUT2D eigenvalue weighted by Crippen LogP contribution is -2.35. The number of hydrogen-bond donors (Lipinski definition) is 0. The topological polar surface area (TPSA) is 50.5 Å². The first kappa shape index (κ1) is 17.3. The molecule has 1 aromatic heterocycles. The molecule has 0 bridgehead atoms. The van der Waals surface area contributed by atoms with E-state index in [0.717, 1.165) is 11.3 Å². The van der Waals surface area contributed by atoms with E-state index in [1.807, 2.05) is 26.8 Å². The van der Waals surface area contributed by atoms with E-state index >= 15 is 0 Å². The minimum atomic E-state index is -3.70. The number of benzene rings is 1. The van der Waals surface area contributed by atoms with Crippen LogP contribution in [-0.2, 0) is 10.0 Å². The van der Waals surface area contributed by atoms with Gasteiger partial charge in [-0.1, -0.05) is 30.5 Å². The summed E-state index contributed by atoms with van der Waals surface area (Å²) < 4.78 is 33.0. The molecule has 0 spiro atoms. The summed E-state index contributed by atoms with van der Waals surface area (Å²) in [6, 6.07) is 9.97. The summed E-state index contributed by atoms with van der Waals surface area (Å²) in [5.74, 6) is 3.80. The van der Waals surface area contributed by atoms with E-state index in [9.17, 15) is 8.42 Å². The first-order valence-corrected chi connectivity index (χ1v) is 8.92. The number of sulfonamides is 1. The molecule has 2 aromatic rings. The van der Waals surface area contributed by atoms with Crippen molar-refractivity contribution < 1.29 is 12.8 Å². The summed E-state index contributed by atoms with van der Waals surface area (Å²) in [4.78, 5) is 0.236. The van der Waals surface area contributed by atoms with Gasteiger partial charge >= 0.3 is 0 Å². The second kappa shape index (κ2) is 7.03. The molecule has 5 heteroatoms. The lowest BCUT2D eigenvalue weighted by Gasteiger charge is -2.27. The minimum Gasteiger partial charge on any atom is -0.465 e. The van der Waals surface area contributed by atoms with Crippen molar-refractivity contribution in [2.45, 2.75) is 38.1 Å². The third-order valence-electron chi connectivity index (χ3n) is 3.70. The van der Waals surface area contributed by atoms with Crippen LogP contribution in [0.1, 0.15) is 36.5 Å². The molecule has 1 unspecified atom stereocenters. The number of rotatable bonds is 6. The highest BCUT2D eigenvalue weighted by molar-refractivity contribution is 7.89. The number of nitrogens with zero attached hydrogens (tertiary/aromatic N) is 1. The van der Waals surface area contributed by atoms with Crippen LogP contribution < -0.4 is 0 Å². The Labute approximate surface area is 138 Å². The molecule has 122 valence electrons. The predicted molar refractivity (Wildman–Crippen MR) is 90.4 cm³/mol. The van der Waals surface area contributed by atoms with Crippen molar-refractivity contribution in [1.82, 2.24) is 4.31 Å². The predicted octanol–water partition coefficient (Wildman–Crippen LogP) is 3.67. The molecule has 4 nitrogen and oxygen atoms in total. The van der Waals surface area contributed by atoms with Crippen molar-refractivity contribution >= 4 is 10.0 Å². The van der Waals surface area contributed by atoms with Gasteiger partial charge in [0.15, 0.2) is 0 Å². The maximum absolute atomic E-state index is 13.0. The Kier molecular flexibility index (Phi) is 5.30. The molecular weight excluding hydrogens is 310 g/mol. The summed E-state index contributed by atoms with van der Waals surface area (Å²) in [7, 11) is -3.70.